The number of halogens is 2. The summed E-state index contributed by atoms with van der Waals surface area (Å²) < 4.78 is 0. The molecule has 1 atom stereocenters. The average Bonchev–Trinajstić information content (AvgIpc) is 3.59. The number of nitrogens with two attached hydrogens (primary N) is 1. The zero-order valence-electron chi connectivity index (χ0n) is 16.6. The van der Waals surface area contributed by atoms with Gasteiger partial charge in [0, 0.05) is 39.8 Å². The van der Waals surface area contributed by atoms with Gasteiger partial charge in [-0.1, -0.05) is 41.4 Å². The number of carbonyl (C=O) groups is 1. The predicted octanol–water partition coefficient (Wildman–Crippen LogP) is 4.93. The summed E-state index contributed by atoms with van der Waals surface area (Å²) in [7, 11) is 0. The minimum Gasteiger partial charge on any atom is -0.384 e. The van der Waals surface area contributed by atoms with E-state index in [9.17, 15) is 4.79 Å². The molecule has 0 radical (unpaired) electrons. The highest BCUT2D eigenvalue weighted by Crippen LogP contribution is 2.39. The Labute approximate surface area is 190 Å². The topological polar surface area (TPSA) is 71.6 Å². The molecule has 5 rings (SSSR count). The first kappa shape index (κ1) is 20.0. The molecule has 31 heavy (non-hydrogen) atoms. The number of anilines is 2. The SMILES string of the molecule is Nc1ccc(C2=NC(Cc3ccccc3Cl)C(=O)N(C3CC3)c3ccc(Cl)cc32)cn1. The number of carbonyl (C=O) groups excluding carboxylic acids is 1. The quantitative estimate of drug-likeness (QED) is 0.612. The molecular formula is C24H20Cl2N4O. The van der Waals surface area contributed by atoms with Crippen molar-refractivity contribution in [1.82, 2.24) is 4.98 Å². The fourth-order valence-corrected chi connectivity index (χ4v) is 4.34. The highest BCUT2D eigenvalue weighted by Gasteiger charge is 2.40. The van der Waals surface area contributed by atoms with E-state index in [4.69, 9.17) is 33.9 Å². The van der Waals surface area contributed by atoms with Crippen molar-refractivity contribution in [1.29, 1.82) is 0 Å². The average molecular weight is 451 g/mol. The second kappa shape index (κ2) is 7.98. The zero-order valence-corrected chi connectivity index (χ0v) is 18.1. The number of aliphatic imine (C=N–C) groups is 1. The van der Waals surface area contributed by atoms with Crippen molar-refractivity contribution >= 4 is 46.3 Å². The van der Waals surface area contributed by atoms with Crippen LogP contribution in [0.1, 0.15) is 29.5 Å². The molecule has 2 aromatic carbocycles. The number of benzene rings is 2. The third kappa shape index (κ3) is 3.91. The van der Waals surface area contributed by atoms with Gasteiger partial charge < -0.3 is 10.6 Å². The van der Waals surface area contributed by atoms with E-state index in [1.54, 1.807) is 12.3 Å². The molecule has 0 saturated heterocycles. The van der Waals surface area contributed by atoms with E-state index in [1.165, 1.54) is 0 Å². The van der Waals surface area contributed by atoms with Gasteiger partial charge in [-0.2, -0.15) is 0 Å². The predicted molar refractivity (Wildman–Crippen MR) is 125 cm³/mol. The molecule has 5 nitrogen and oxygen atoms in total. The van der Waals surface area contributed by atoms with Crippen LogP contribution in [0.15, 0.2) is 65.8 Å². The van der Waals surface area contributed by atoms with Gasteiger partial charge in [0.1, 0.15) is 11.9 Å². The van der Waals surface area contributed by atoms with Crippen LogP contribution in [-0.4, -0.2) is 28.7 Å². The van der Waals surface area contributed by atoms with Crippen LogP contribution in [0.25, 0.3) is 0 Å². The molecule has 7 heteroatoms. The Morgan fingerprint density at radius 3 is 2.58 bits per heavy atom. The normalized spacial score (nSPS) is 18.4. The molecule has 156 valence electrons. The van der Waals surface area contributed by atoms with Gasteiger partial charge in [-0.05, 0) is 54.8 Å². The molecule has 1 aliphatic carbocycles. The number of hydrogen-bond donors (Lipinski definition) is 1. The summed E-state index contributed by atoms with van der Waals surface area (Å²) in [6.07, 6.45) is 4.05. The zero-order chi connectivity index (χ0) is 21.5. The van der Waals surface area contributed by atoms with Crippen LogP contribution in [0, 0.1) is 0 Å². The number of hydrogen-bond acceptors (Lipinski definition) is 4. The fraction of sp³-hybridized carbons (Fsp3) is 0.208. The Kier molecular flexibility index (Phi) is 5.16. The maximum Gasteiger partial charge on any atom is 0.252 e. The van der Waals surface area contributed by atoms with E-state index >= 15 is 0 Å². The maximum atomic E-state index is 13.7. The molecule has 1 aromatic heterocycles. The minimum absolute atomic E-state index is 0.0237. The first-order valence-corrected chi connectivity index (χ1v) is 10.9. The summed E-state index contributed by atoms with van der Waals surface area (Å²) in [5.41, 5.74) is 9.80. The Bertz CT molecular complexity index is 1190. The lowest BCUT2D eigenvalue weighted by Gasteiger charge is -2.25. The summed E-state index contributed by atoms with van der Waals surface area (Å²) in [5.74, 6) is 0.400. The Balaban J connectivity index is 1.69. The summed E-state index contributed by atoms with van der Waals surface area (Å²) >= 11 is 12.8. The van der Waals surface area contributed by atoms with Gasteiger partial charge in [-0.3, -0.25) is 9.79 Å². The molecule has 1 amide bonds. The van der Waals surface area contributed by atoms with Crippen molar-refractivity contribution in [2.24, 2.45) is 4.99 Å². The van der Waals surface area contributed by atoms with Gasteiger partial charge in [-0.15, -0.1) is 0 Å². The van der Waals surface area contributed by atoms with Gasteiger partial charge in [0.05, 0.1) is 11.4 Å². The molecule has 2 aliphatic rings. The summed E-state index contributed by atoms with van der Waals surface area (Å²) in [6.45, 7) is 0. The van der Waals surface area contributed by atoms with E-state index in [2.05, 4.69) is 4.98 Å². The number of aromatic nitrogens is 1. The number of benzodiazepines with no additional fused rings is 1. The van der Waals surface area contributed by atoms with Crippen LogP contribution >= 0.6 is 23.2 Å². The first-order valence-electron chi connectivity index (χ1n) is 10.2. The van der Waals surface area contributed by atoms with Crippen molar-refractivity contribution in [3.63, 3.8) is 0 Å². The van der Waals surface area contributed by atoms with Crippen molar-refractivity contribution in [3.05, 3.63) is 87.5 Å². The standard InChI is InChI=1S/C24H20Cl2N4O/c25-16-6-9-21-18(12-16)23(15-5-10-22(27)28-13-15)29-20(24(31)30(21)17-7-8-17)11-14-3-1-2-4-19(14)26/h1-6,9-10,12-13,17,20H,7-8,11H2,(H2,27,28). The molecule has 0 spiro atoms. The highest BCUT2D eigenvalue weighted by atomic mass is 35.5. The highest BCUT2D eigenvalue weighted by molar-refractivity contribution is 6.32. The molecular weight excluding hydrogens is 431 g/mol. The number of fused-ring (bicyclic) bond motifs is 1. The van der Waals surface area contributed by atoms with Gasteiger partial charge in [0.15, 0.2) is 0 Å². The van der Waals surface area contributed by atoms with E-state index in [-0.39, 0.29) is 11.9 Å². The fourth-order valence-electron chi connectivity index (χ4n) is 3.96. The van der Waals surface area contributed by atoms with Crippen molar-refractivity contribution in [2.75, 3.05) is 10.6 Å². The van der Waals surface area contributed by atoms with E-state index in [1.807, 2.05) is 53.4 Å². The van der Waals surface area contributed by atoms with E-state index < -0.39 is 6.04 Å². The molecule has 1 fully saturated rings. The van der Waals surface area contributed by atoms with E-state index in [0.29, 0.717) is 28.0 Å². The second-order valence-corrected chi connectivity index (χ2v) is 8.71. The third-order valence-electron chi connectivity index (χ3n) is 5.62. The molecule has 2 heterocycles. The largest absolute Gasteiger partial charge is 0.384 e. The van der Waals surface area contributed by atoms with Crippen LogP contribution < -0.4 is 10.6 Å². The molecule has 1 aliphatic heterocycles. The van der Waals surface area contributed by atoms with Gasteiger partial charge >= 0.3 is 0 Å². The first-order chi connectivity index (χ1) is 15.0. The van der Waals surface area contributed by atoms with Crippen molar-refractivity contribution < 1.29 is 4.79 Å². The second-order valence-electron chi connectivity index (χ2n) is 7.86. The Morgan fingerprint density at radius 2 is 1.87 bits per heavy atom. The molecule has 1 unspecified atom stereocenters. The lowest BCUT2D eigenvalue weighted by molar-refractivity contribution is -0.119. The smallest absolute Gasteiger partial charge is 0.252 e. The molecule has 0 bridgehead atoms. The molecule has 3 aromatic rings. The van der Waals surface area contributed by atoms with Gasteiger partial charge in [0.2, 0.25) is 0 Å². The van der Waals surface area contributed by atoms with Crippen molar-refractivity contribution in [3.8, 4) is 0 Å². The van der Waals surface area contributed by atoms with Crippen LogP contribution in [0.3, 0.4) is 0 Å². The maximum absolute atomic E-state index is 13.7. The van der Waals surface area contributed by atoms with Crippen LogP contribution in [0.2, 0.25) is 10.0 Å². The molecule has 1 saturated carbocycles. The van der Waals surface area contributed by atoms with Crippen LogP contribution in [0.5, 0.6) is 0 Å². The third-order valence-corrected chi connectivity index (χ3v) is 6.23. The number of rotatable bonds is 4. The number of nitrogens with zero attached hydrogens (tertiary/aromatic N) is 3. The lowest BCUT2D eigenvalue weighted by atomic mass is 10.0. The number of pyridine rings is 1. The van der Waals surface area contributed by atoms with Crippen molar-refractivity contribution in [2.45, 2.75) is 31.3 Å². The minimum atomic E-state index is -0.612. The van der Waals surface area contributed by atoms with Crippen LogP contribution in [-0.2, 0) is 11.2 Å². The Hall–Kier alpha value is -2.89. The van der Waals surface area contributed by atoms with Gasteiger partial charge in [-0.25, -0.2) is 4.98 Å². The monoisotopic (exact) mass is 450 g/mol. The lowest BCUT2D eigenvalue weighted by Crippen LogP contribution is -2.40. The summed E-state index contributed by atoms with van der Waals surface area (Å²) in [5, 5.41) is 1.21. The summed E-state index contributed by atoms with van der Waals surface area (Å²) in [6, 6.07) is 16.3. The number of amides is 1. The molecule has 2 N–H and O–H groups in total. The number of nitrogen functional groups attached to an aromatic ring is 1. The van der Waals surface area contributed by atoms with Gasteiger partial charge in [0.25, 0.3) is 5.91 Å². The van der Waals surface area contributed by atoms with E-state index in [0.717, 1.165) is 35.2 Å². The summed E-state index contributed by atoms with van der Waals surface area (Å²) in [4.78, 5) is 24.8. The van der Waals surface area contributed by atoms with Crippen LogP contribution in [0.4, 0.5) is 11.5 Å². The Morgan fingerprint density at radius 1 is 1.06 bits per heavy atom.